The minimum absolute atomic E-state index is 0.147. The van der Waals surface area contributed by atoms with Gasteiger partial charge in [0.25, 0.3) is 0 Å². The summed E-state index contributed by atoms with van der Waals surface area (Å²) in [4.78, 5) is 15.2. The van der Waals surface area contributed by atoms with Crippen LogP contribution < -0.4 is 5.32 Å². The van der Waals surface area contributed by atoms with Gasteiger partial charge in [-0.25, -0.2) is 0 Å². The summed E-state index contributed by atoms with van der Waals surface area (Å²) < 4.78 is 0. The number of anilines is 1. The maximum Gasteiger partial charge on any atom is 0.244 e. The predicted molar refractivity (Wildman–Crippen MR) is 79.2 cm³/mol. The molecule has 4 heteroatoms. The third-order valence-electron chi connectivity index (χ3n) is 2.92. The van der Waals surface area contributed by atoms with Gasteiger partial charge in [-0.15, -0.1) is 11.8 Å². The lowest BCUT2D eigenvalue weighted by molar-refractivity contribution is -0.131. The van der Waals surface area contributed by atoms with Gasteiger partial charge < -0.3 is 10.2 Å². The summed E-state index contributed by atoms with van der Waals surface area (Å²) in [6.07, 6.45) is 2.05. The van der Waals surface area contributed by atoms with Crippen LogP contribution >= 0.6 is 11.8 Å². The lowest BCUT2D eigenvalue weighted by Gasteiger charge is -2.24. The van der Waals surface area contributed by atoms with Gasteiger partial charge in [0, 0.05) is 23.7 Å². The Balaban J connectivity index is 2.62. The van der Waals surface area contributed by atoms with E-state index in [4.69, 9.17) is 0 Å². The fourth-order valence-electron chi connectivity index (χ4n) is 1.81. The largest absolute Gasteiger partial charge is 0.374 e. The van der Waals surface area contributed by atoms with Crippen LogP contribution in [0.25, 0.3) is 0 Å². The first-order chi connectivity index (χ1) is 8.62. The molecule has 0 radical (unpaired) electrons. The SMILES string of the molecule is CCN(CC)C(=O)C(C)Nc1ccc(SC)cc1. The maximum absolute atomic E-state index is 12.1. The Kier molecular flexibility index (Phi) is 6.05. The predicted octanol–water partition coefficient (Wildman–Crippen LogP) is 3.08. The number of thioether (sulfide) groups is 1. The van der Waals surface area contributed by atoms with Crippen LogP contribution in [0, 0.1) is 0 Å². The molecule has 1 N–H and O–H groups in total. The number of nitrogens with zero attached hydrogens (tertiary/aromatic N) is 1. The molecule has 0 saturated carbocycles. The van der Waals surface area contributed by atoms with Crippen LogP contribution in [-0.2, 0) is 4.79 Å². The summed E-state index contributed by atoms with van der Waals surface area (Å²) in [5, 5.41) is 3.24. The van der Waals surface area contributed by atoms with Crippen molar-refractivity contribution in [1.82, 2.24) is 4.90 Å². The standard InChI is InChI=1S/C14H22N2OS/c1-5-16(6-2)14(17)11(3)15-12-7-9-13(18-4)10-8-12/h7-11,15H,5-6H2,1-4H3. The smallest absolute Gasteiger partial charge is 0.244 e. The molecule has 1 unspecified atom stereocenters. The highest BCUT2D eigenvalue weighted by Gasteiger charge is 2.17. The summed E-state index contributed by atoms with van der Waals surface area (Å²) in [7, 11) is 0. The summed E-state index contributed by atoms with van der Waals surface area (Å²) in [6.45, 7) is 7.42. The van der Waals surface area contributed by atoms with E-state index < -0.39 is 0 Å². The minimum atomic E-state index is -0.190. The lowest BCUT2D eigenvalue weighted by atomic mass is 10.2. The van der Waals surface area contributed by atoms with E-state index in [2.05, 4.69) is 23.7 Å². The van der Waals surface area contributed by atoms with Gasteiger partial charge in [-0.2, -0.15) is 0 Å². The number of carbonyl (C=O) groups excluding carboxylic acids is 1. The van der Waals surface area contributed by atoms with Crippen molar-refractivity contribution in [3.63, 3.8) is 0 Å². The number of carbonyl (C=O) groups is 1. The van der Waals surface area contributed by atoms with E-state index in [1.165, 1.54) is 4.90 Å². The molecule has 0 saturated heterocycles. The van der Waals surface area contributed by atoms with E-state index in [0.29, 0.717) is 0 Å². The molecule has 1 aromatic carbocycles. The summed E-state index contributed by atoms with van der Waals surface area (Å²) >= 11 is 1.71. The fraction of sp³-hybridized carbons (Fsp3) is 0.500. The fourth-order valence-corrected chi connectivity index (χ4v) is 2.22. The Morgan fingerprint density at radius 2 is 1.83 bits per heavy atom. The Morgan fingerprint density at radius 1 is 1.28 bits per heavy atom. The average molecular weight is 266 g/mol. The van der Waals surface area contributed by atoms with E-state index in [1.54, 1.807) is 11.8 Å². The van der Waals surface area contributed by atoms with Gasteiger partial charge in [-0.05, 0) is 51.3 Å². The van der Waals surface area contributed by atoms with Crippen LogP contribution in [0.1, 0.15) is 20.8 Å². The summed E-state index contributed by atoms with van der Waals surface area (Å²) in [6, 6.07) is 7.95. The van der Waals surface area contributed by atoms with Crippen LogP contribution in [0.5, 0.6) is 0 Å². The highest BCUT2D eigenvalue weighted by molar-refractivity contribution is 7.98. The van der Waals surface area contributed by atoms with E-state index in [9.17, 15) is 4.79 Å². The zero-order valence-electron chi connectivity index (χ0n) is 11.6. The van der Waals surface area contributed by atoms with Crippen molar-refractivity contribution in [3.05, 3.63) is 24.3 Å². The van der Waals surface area contributed by atoms with Crippen molar-refractivity contribution in [3.8, 4) is 0 Å². The molecule has 18 heavy (non-hydrogen) atoms. The number of hydrogen-bond acceptors (Lipinski definition) is 3. The number of rotatable bonds is 6. The van der Waals surface area contributed by atoms with Crippen molar-refractivity contribution >= 4 is 23.4 Å². The molecule has 1 rings (SSSR count). The third-order valence-corrected chi connectivity index (χ3v) is 3.66. The Morgan fingerprint density at radius 3 is 2.28 bits per heavy atom. The van der Waals surface area contributed by atoms with Gasteiger partial charge in [0.1, 0.15) is 6.04 Å². The molecule has 1 atom stereocenters. The van der Waals surface area contributed by atoms with Crippen molar-refractivity contribution in [1.29, 1.82) is 0 Å². The average Bonchev–Trinajstić information content (AvgIpc) is 2.40. The van der Waals surface area contributed by atoms with Crippen molar-refractivity contribution in [2.75, 3.05) is 24.7 Å². The number of hydrogen-bond donors (Lipinski definition) is 1. The molecule has 0 heterocycles. The zero-order valence-corrected chi connectivity index (χ0v) is 12.4. The highest BCUT2D eigenvalue weighted by Crippen LogP contribution is 2.18. The molecular weight excluding hydrogens is 244 g/mol. The molecule has 0 aliphatic heterocycles. The monoisotopic (exact) mass is 266 g/mol. The molecule has 1 amide bonds. The summed E-state index contributed by atoms with van der Waals surface area (Å²) in [5.74, 6) is 0.147. The van der Waals surface area contributed by atoms with E-state index in [1.807, 2.05) is 37.8 Å². The van der Waals surface area contributed by atoms with Crippen molar-refractivity contribution in [2.45, 2.75) is 31.7 Å². The Labute approximate surface area is 114 Å². The topological polar surface area (TPSA) is 32.3 Å². The normalized spacial score (nSPS) is 12.0. The molecule has 0 aliphatic rings. The van der Waals surface area contributed by atoms with Crippen molar-refractivity contribution in [2.24, 2.45) is 0 Å². The first kappa shape index (κ1) is 14.9. The number of benzene rings is 1. The van der Waals surface area contributed by atoms with Gasteiger partial charge in [-0.3, -0.25) is 4.79 Å². The summed E-state index contributed by atoms with van der Waals surface area (Å²) in [5.41, 5.74) is 0.987. The number of likely N-dealkylation sites (N-methyl/N-ethyl adjacent to an activating group) is 1. The van der Waals surface area contributed by atoms with E-state index in [0.717, 1.165) is 18.8 Å². The van der Waals surface area contributed by atoms with Crippen molar-refractivity contribution < 1.29 is 4.79 Å². The van der Waals surface area contributed by atoms with Gasteiger partial charge in [0.05, 0.1) is 0 Å². The third kappa shape index (κ3) is 3.95. The van der Waals surface area contributed by atoms with Gasteiger partial charge >= 0.3 is 0 Å². The molecule has 0 spiro atoms. The first-order valence-corrected chi connectivity index (χ1v) is 7.54. The molecule has 3 nitrogen and oxygen atoms in total. The molecule has 100 valence electrons. The zero-order chi connectivity index (χ0) is 13.5. The second-order valence-corrected chi connectivity index (χ2v) is 4.98. The molecular formula is C14H22N2OS. The number of amides is 1. The molecule has 0 bridgehead atoms. The molecule has 0 aromatic heterocycles. The second-order valence-electron chi connectivity index (χ2n) is 4.11. The second kappa shape index (κ2) is 7.31. The quantitative estimate of drug-likeness (QED) is 0.803. The maximum atomic E-state index is 12.1. The Hall–Kier alpha value is -1.16. The van der Waals surface area contributed by atoms with Crippen LogP contribution in [0.15, 0.2) is 29.2 Å². The number of nitrogens with one attached hydrogen (secondary N) is 1. The van der Waals surface area contributed by atoms with E-state index in [-0.39, 0.29) is 11.9 Å². The van der Waals surface area contributed by atoms with Crippen LogP contribution in [-0.4, -0.2) is 36.2 Å². The first-order valence-electron chi connectivity index (χ1n) is 6.31. The van der Waals surface area contributed by atoms with Gasteiger partial charge in [0.15, 0.2) is 0 Å². The van der Waals surface area contributed by atoms with Gasteiger partial charge in [-0.1, -0.05) is 0 Å². The van der Waals surface area contributed by atoms with Gasteiger partial charge in [0.2, 0.25) is 5.91 Å². The Bertz CT molecular complexity index is 374. The molecule has 0 aliphatic carbocycles. The molecule has 1 aromatic rings. The minimum Gasteiger partial charge on any atom is -0.374 e. The molecule has 0 fully saturated rings. The van der Waals surface area contributed by atoms with Crippen LogP contribution in [0.3, 0.4) is 0 Å². The van der Waals surface area contributed by atoms with E-state index >= 15 is 0 Å². The van der Waals surface area contributed by atoms with Crippen LogP contribution in [0.2, 0.25) is 0 Å². The highest BCUT2D eigenvalue weighted by atomic mass is 32.2. The lowest BCUT2D eigenvalue weighted by Crippen LogP contribution is -2.41. The van der Waals surface area contributed by atoms with Crippen LogP contribution in [0.4, 0.5) is 5.69 Å².